The van der Waals surface area contributed by atoms with Gasteiger partial charge in [-0.25, -0.2) is 0 Å². The minimum absolute atomic E-state index is 0.311. The van der Waals surface area contributed by atoms with Gasteiger partial charge in [0.1, 0.15) is 11.3 Å². The Kier molecular flexibility index (Phi) is 5.98. The lowest BCUT2D eigenvalue weighted by Crippen LogP contribution is -2.40. The van der Waals surface area contributed by atoms with Crippen LogP contribution in [0.1, 0.15) is 26.5 Å². The van der Waals surface area contributed by atoms with Crippen LogP contribution in [0, 0.1) is 0 Å². The van der Waals surface area contributed by atoms with Crippen molar-refractivity contribution in [2.24, 2.45) is 0 Å². The summed E-state index contributed by atoms with van der Waals surface area (Å²) in [4.78, 5) is 2.08. The highest BCUT2D eigenvalue weighted by molar-refractivity contribution is 5.30. The van der Waals surface area contributed by atoms with Crippen molar-refractivity contribution in [1.82, 2.24) is 20.0 Å². The molecule has 116 valence electrons. The van der Waals surface area contributed by atoms with E-state index in [9.17, 15) is 5.11 Å². The molecule has 0 radical (unpaired) electrons. The molecule has 6 nitrogen and oxygen atoms in total. The van der Waals surface area contributed by atoms with E-state index in [0.29, 0.717) is 24.9 Å². The third-order valence-electron chi connectivity index (χ3n) is 3.15. The first-order valence-electron chi connectivity index (χ1n) is 6.98. The Balaban J connectivity index is 2.96. The van der Waals surface area contributed by atoms with Gasteiger partial charge in [-0.3, -0.25) is 4.68 Å². The first-order chi connectivity index (χ1) is 9.27. The van der Waals surface area contributed by atoms with Crippen molar-refractivity contribution < 1.29 is 9.84 Å². The summed E-state index contributed by atoms with van der Waals surface area (Å²) in [6, 6.07) is 0.311. The lowest BCUT2D eigenvalue weighted by Gasteiger charge is -2.27. The van der Waals surface area contributed by atoms with Crippen LogP contribution in [0.25, 0.3) is 0 Å². The molecule has 1 unspecified atom stereocenters. The van der Waals surface area contributed by atoms with E-state index in [2.05, 4.69) is 29.2 Å². The van der Waals surface area contributed by atoms with E-state index in [1.165, 1.54) is 0 Å². The number of methoxy groups -OCH3 is 1. The van der Waals surface area contributed by atoms with Crippen LogP contribution in [0.5, 0.6) is 5.75 Å². The van der Waals surface area contributed by atoms with Crippen LogP contribution in [0.4, 0.5) is 0 Å². The van der Waals surface area contributed by atoms with E-state index in [1.54, 1.807) is 20.2 Å². The van der Waals surface area contributed by atoms with Crippen LogP contribution in [0.2, 0.25) is 0 Å². The molecule has 0 aliphatic rings. The predicted octanol–water partition coefficient (Wildman–Crippen LogP) is 0.659. The van der Waals surface area contributed by atoms with Crippen LogP contribution < -0.4 is 10.1 Å². The molecule has 0 aliphatic heterocycles. The summed E-state index contributed by atoms with van der Waals surface area (Å²) in [7, 11) is 5.63. The third-order valence-corrected chi connectivity index (χ3v) is 3.15. The summed E-state index contributed by atoms with van der Waals surface area (Å²) in [5.74, 6) is 0.624. The highest BCUT2D eigenvalue weighted by Gasteiger charge is 2.31. The average molecular weight is 284 g/mol. The van der Waals surface area contributed by atoms with Gasteiger partial charge in [0.2, 0.25) is 0 Å². The topological polar surface area (TPSA) is 62.5 Å². The zero-order chi connectivity index (χ0) is 15.3. The van der Waals surface area contributed by atoms with E-state index < -0.39 is 5.60 Å². The second kappa shape index (κ2) is 7.06. The first kappa shape index (κ1) is 16.9. The Morgan fingerprint density at radius 3 is 2.65 bits per heavy atom. The molecule has 20 heavy (non-hydrogen) atoms. The fourth-order valence-corrected chi connectivity index (χ4v) is 2.01. The van der Waals surface area contributed by atoms with Crippen molar-refractivity contribution in [1.29, 1.82) is 0 Å². The summed E-state index contributed by atoms with van der Waals surface area (Å²) >= 11 is 0. The van der Waals surface area contributed by atoms with Gasteiger partial charge in [0.25, 0.3) is 0 Å². The van der Waals surface area contributed by atoms with Crippen molar-refractivity contribution in [3.8, 4) is 5.75 Å². The van der Waals surface area contributed by atoms with Gasteiger partial charge in [0, 0.05) is 19.1 Å². The molecule has 0 spiro atoms. The number of hydrogen-bond acceptors (Lipinski definition) is 5. The number of nitrogens with zero attached hydrogens (tertiary/aromatic N) is 3. The summed E-state index contributed by atoms with van der Waals surface area (Å²) in [6.07, 6.45) is 1.66. The van der Waals surface area contributed by atoms with Crippen molar-refractivity contribution in [3.05, 3.63) is 11.9 Å². The zero-order valence-corrected chi connectivity index (χ0v) is 13.5. The zero-order valence-electron chi connectivity index (χ0n) is 13.5. The van der Waals surface area contributed by atoms with Crippen molar-refractivity contribution in [2.75, 3.05) is 34.3 Å². The second-order valence-corrected chi connectivity index (χ2v) is 5.90. The molecule has 1 aromatic rings. The number of ether oxygens (including phenoxy) is 1. The van der Waals surface area contributed by atoms with Gasteiger partial charge >= 0.3 is 0 Å². The molecular weight excluding hydrogens is 256 g/mol. The molecule has 0 fully saturated rings. The molecule has 1 heterocycles. The normalized spacial score (nSPS) is 14.8. The molecule has 0 saturated carbocycles. The third kappa shape index (κ3) is 4.47. The maximum absolute atomic E-state index is 10.8. The van der Waals surface area contributed by atoms with Crippen LogP contribution in [-0.2, 0) is 12.1 Å². The molecule has 0 aromatic carbocycles. The molecule has 0 saturated heterocycles. The number of aliphatic hydroxyl groups is 1. The smallest absolute Gasteiger partial charge is 0.162 e. The molecule has 0 aliphatic carbocycles. The molecule has 0 bridgehead atoms. The highest BCUT2D eigenvalue weighted by atomic mass is 16.5. The van der Waals surface area contributed by atoms with E-state index >= 15 is 0 Å². The fourth-order valence-electron chi connectivity index (χ4n) is 2.01. The SMILES string of the molecule is COc1cnn(CCN(C)C)c1C(C)(O)CNC(C)C. The monoisotopic (exact) mass is 284 g/mol. The number of hydrogen-bond donors (Lipinski definition) is 2. The largest absolute Gasteiger partial charge is 0.493 e. The molecule has 1 atom stereocenters. The predicted molar refractivity (Wildman–Crippen MR) is 80.0 cm³/mol. The second-order valence-electron chi connectivity index (χ2n) is 5.90. The Morgan fingerprint density at radius 1 is 1.50 bits per heavy atom. The minimum atomic E-state index is -1.03. The van der Waals surface area contributed by atoms with Crippen LogP contribution >= 0.6 is 0 Å². The van der Waals surface area contributed by atoms with Gasteiger partial charge in [0.05, 0.1) is 19.9 Å². The Labute approximate surface area is 121 Å². The molecular formula is C14H28N4O2. The van der Waals surface area contributed by atoms with Gasteiger partial charge in [-0.1, -0.05) is 13.8 Å². The van der Waals surface area contributed by atoms with Gasteiger partial charge in [-0.2, -0.15) is 5.10 Å². The Bertz CT molecular complexity index is 413. The highest BCUT2D eigenvalue weighted by Crippen LogP contribution is 2.29. The van der Waals surface area contributed by atoms with E-state index in [-0.39, 0.29) is 0 Å². The number of nitrogens with one attached hydrogen (secondary N) is 1. The Hall–Kier alpha value is -1.11. The van der Waals surface area contributed by atoms with Crippen LogP contribution in [-0.4, -0.2) is 60.1 Å². The lowest BCUT2D eigenvalue weighted by molar-refractivity contribution is 0.0425. The van der Waals surface area contributed by atoms with E-state index in [4.69, 9.17) is 4.74 Å². The van der Waals surface area contributed by atoms with Crippen molar-refractivity contribution >= 4 is 0 Å². The number of likely N-dealkylation sites (N-methyl/N-ethyl adjacent to an activating group) is 1. The quantitative estimate of drug-likeness (QED) is 0.734. The molecule has 1 aromatic heterocycles. The lowest BCUT2D eigenvalue weighted by atomic mass is 10.0. The van der Waals surface area contributed by atoms with Crippen molar-refractivity contribution in [3.63, 3.8) is 0 Å². The van der Waals surface area contributed by atoms with Gasteiger partial charge in [-0.15, -0.1) is 0 Å². The van der Waals surface area contributed by atoms with Gasteiger partial charge in [0.15, 0.2) is 5.75 Å². The molecule has 0 amide bonds. The van der Waals surface area contributed by atoms with Gasteiger partial charge in [-0.05, 0) is 21.0 Å². The van der Waals surface area contributed by atoms with Crippen LogP contribution in [0.15, 0.2) is 6.20 Å². The fraction of sp³-hybridized carbons (Fsp3) is 0.786. The number of rotatable bonds is 8. The molecule has 1 rings (SSSR count). The minimum Gasteiger partial charge on any atom is -0.493 e. The maximum Gasteiger partial charge on any atom is 0.162 e. The standard InChI is InChI=1S/C14H28N4O2/c1-11(2)15-10-14(3,19)13-12(20-6)9-16-18(13)8-7-17(4)5/h9,11,15,19H,7-8,10H2,1-6H3. The van der Waals surface area contributed by atoms with E-state index in [1.807, 2.05) is 18.8 Å². The van der Waals surface area contributed by atoms with Crippen LogP contribution in [0.3, 0.4) is 0 Å². The average Bonchev–Trinajstić information content (AvgIpc) is 2.77. The van der Waals surface area contributed by atoms with E-state index in [0.717, 1.165) is 12.2 Å². The summed E-state index contributed by atoms with van der Waals surface area (Å²) in [5, 5.41) is 18.4. The number of aromatic nitrogens is 2. The Morgan fingerprint density at radius 2 is 2.15 bits per heavy atom. The summed E-state index contributed by atoms with van der Waals surface area (Å²) in [5.41, 5.74) is -0.312. The molecule has 2 N–H and O–H groups in total. The summed E-state index contributed by atoms with van der Waals surface area (Å²) < 4.78 is 7.16. The van der Waals surface area contributed by atoms with Crippen molar-refractivity contribution in [2.45, 2.75) is 39.0 Å². The maximum atomic E-state index is 10.8. The molecule has 6 heteroatoms. The first-order valence-corrected chi connectivity index (χ1v) is 6.98. The van der Waals surface area contributed by atoms with Gasteiger partial charge < -0.3 is 20.1 Å². The summed E-state index contributed by atoms with van der Waals surface area (Å²) in [6.45, 7) is 7.91.